The molecular weight excluding hydrogens is 274 g/mol. The Hall–Kier alpha value is -2.07. The van der Waals surface area contributed by atoms with E-state index in [9.17, 15) is 4.79 Å². The van der Waals surface area contributed by atoms with E-state index in [1.165, 1.54) is 0 Å². The predicted molar refractivity (Wildman–Crippen MR) is 82.5 cm³/mol. The van der Waals surface area contributed by atoms with Crippen LogP contribution in [0.4, 0.5) is 11.5 Å². The van der Waals surface area contributed by atoms with Crippen molar-refractivity contribution in [3.8, 4) is 0 Å². The van der Waals surface area contributed by atoms with Gasteiger partial charge in [-0.15, -0.1) is 0 Å². The van der Waals surface area contributed by atoms with Crippen molar-refractivity contribution in [3.63, 3.8) is 0 Å². The van der Waals surface area contributed by atoms with Crippen molar-refractivity contribution < 1.29 is 4.79 Å². The van der Waals surface area contributed by atoms with Crippen molar-refractivity contribution in [1.29, 1.82) is 0 Å². The molecule has 0 saturated carbocycles. The standard InChI is InChI=1S/C15H16ClN3O/c1-3-17-14-8-7-11(9-18-14)15(20)19-13-6-4-5-12(16)10(13)2/h4-9H,3H2,1-2H3,(H,17,18)(H,19,20). The summed E-state index contributed by atoms with van der Waals surface area (Å²) in [7, 11) is 0. The Balaban J connectivity index is 2.13. The Morgan fingerprint density at radius 3 is 2.75 bits per heavy atom. The molecule has 0 atom stereocenters. The highest BCUT2D eigenvalue weighted by molar-refractivity contribution is 6.31. The molecule has 1 aromatic carbocycles. The van der Waals surface area contributed by atoms with Crippen molar-refractivity contribution in [2.75, 3.05) is 17.2 Å². The summed E-state index contributed by atoms with van der Waals surface area (Å²) in [6.07, 6.45) is 1.55. The number of hydrogen-bond acceptors (Lipinski definition) is 3. The van der Waals surface area contributed by atoms with Crippen LogP contribution in [0.15, 0.2) is 36.5 Å². The molecule has 104 valence electrons. The lowest BCUT2D eigenvalue weighted by atomic mass is 10.2. The third-order valence-corrected chi connectivity index (χ3v) is 3.31. The molecule has 1 aromatic heterocycles. The van der Waals surface area contributed by atoms with Crippen LogP contribution in [0.3, 0.4) is 0 Å². The van der Waals surface area contributed by atoms with Gasteiger partial charge in [0.25, 0.3) is 5.91 Å². The number of pyridine rings is 1. The molecule has 0 aliphatic heterocycles. The van der Waals surface area contributed by atoms with Crippen molar-refractivity contribution >= 4 is 29.0 Å². The van der Waals surface area contributed by atoms with Crippen LogP contribution in [0.2, 0.25) is 5.02 Å². The summed E-state index contributed by atoms with van der Waals surface area (Å²) in [5, 5.41) is 6.54. The minimum Gasteiger partial charge on any atom is -0.370 e. The van der Waals surface area contributed by atoms with E-state index in [2.05, 4.69) is 15.6 Å². The number of benzene rings is 1. The summed E-state index contributed by atoms with van der Waals surface area (Å²) < 4.78 is 0. The Labute approximate surface area is 123 Å². The van der Waals surface area contributed by atoms with E-state index < -0.39 is 0 Å². The van der Waals surface area contributed by atoms with Crippen LogP contribution in [-0.4, -0.2) is 17.4 Å². The zero-order valence-electron chi connectivity index (χ0n) is 11.4. The monoisotopic (exact) mass is 289 g/mol. The number of carbonyl (C=O) groups is 1. The summed E-state index contributed by atoms with van der Waals surface area (Å²) in [6.45, 7) is 4.65. The molecule has 2 aromatic rings. The highest BCUT2D eigenvalue weighted by Crippen LogP contribution is 2.23. The Bertz CT molecular complexity index is 611. The van der Waals surface area contributed by atoms with Gasteiger partial charge < -0.3 is 10.6 Å². The van der Waals surface area contributed by atoms with Gasteiger partial charge in [-0.05, 0) is 43.7 Å². The molecule has 0 saturated heterocycles. The second-order valence-corrected chi connectivity index (χ2v) is 4.74. The van der Waals surface area contributed by atoms with Gasteiger partial charge in [0, 0.05) is 23.5 Å². The highest BCUT2D eigenvalue weighted by atomic mass is 35.5. The number of aromatic nitrogens is 1. The number of nitrogens with zero attached hydrogens (tertiary/aromatic N) is 1. The van der Waals surface area contributed by atoms with Crippen LogP contribution >= 0.6 is 11.6 Å². The lowest BCUT2D eigenvalue weighted by Crippen LogP contribution is -2.13. The lowest BCUT2D eigenvalue weighted by molar-refractivity contribution is 0.102. The third-order valence-electron chi connectivity index (χ3n) is 2.90. The largest absolute Gasteiger partial charge is 0.370 e. The molecule has 1 heterocycles. The summed E-state index contributed by atoms with van der Waals surface area (Å²) in [5.41, 5.74) is 2.06. The van der Waals surface area contributed by atoms with Gasteiger partial charge in [0.2, 0.25) is 0 Å². The average Bonchev–Trinajstić information content (AvgIpc) is 2.45. The molecule has 0 bridgehead atoms. The summed E-state index contributed by atoms with van der Waals surface area (Å²) in [4.78, 5) is 16.3. The highest BCUT2D eigenvalue weighted by Gasteiger charge is 2.09. The van der Waals surface area contributed by atoms with Crippen molar-refractivity contribution in [3.05, 3.63) is 52.7 Å². The molecule has 5 heteroatoms. The first-order valence-electron chi connectivity index (χ1n) is 6.38. The number of anilines is 2. The topological polar surface area (TPSA) is 54.0 Å². The maximum Gasteiger partial charge on any atom is 0.257 e. The van der Waals surface area contributed by atoms with Crippen molar-refractivity contribution in [2.24, 2.45) is 0 Å². The lowest BCUT2D eigenvalue weighted by Gasteiger charge is -2.09. The van der Waals surface area contributed by atoms with E-state index in [0.717, 1.165) is 17.9 Å². The normalized spacial score (nSPS) is 10.2. The molecule has 0 fully saturated rings. The number of amides is 1. The molecule has 2 rings (SSSR count). The Morgan fingerprint density at radius 1 is 1.30 bits per heavy atom. The number of carbonyl (C=O) groups excluding carboxylic acids is 1. The molecule has 0 spiro atoms. The Kier molecular flexibility index (Phi) is 4.58. The van der Waals surface area contributed by atoms with E-state index in [1.807, 2.05) is 19.9 Å². The molecule has 20 heavy (non-hydrogen) atoms. The van der Waals surface area contributed by atoms with Gasteiger partial charge in [-0.3, -0.25) is 4.79 Å². The second kappa shape index (κ2) is 6.39. The van der Waals surface area contributed by atoms with E-state index in [4.69, 9.17) is 11.6 Å². The molecule has 0 radical (unpaired) electrons. The minimum absolute atomic E-state index is 0.203. The van der Waals surface area contributed by atoms with Crippen LogP contribution in [0.1, 0.15) is 22.8 Å². The van der Waals surface area contributed by atoms with E-state index in [-0.39, 0.29) is 5.91 Å². The molecular formula is C15H16ClN3O. The number of hydrogen-bond donors (Lipinski definition) is 2. The SMILES string of the molecule is CCNc1ccc(C(=O)Nc2cccc(Cl)c2C)cn1. The van der Waals surface area contributed by atoms with Gasteiger partial charge in [-0.25, -0.2) is 4.98 Å². The Morgan fingerprint density at radius 2 is 2.10 bits per heavy atom. The minimum atomic E-state index is -0.203. The van der Waals surface area contributed by atoms with Gasteiger partial charge in [-0.1, -0.05) is 17.7 Å². The van der Waals surface area contributed by atoms with Crippen LogP contribution in [0.25, 0.3) is 0 Å². The third kappa shape index (κ3) is 3.27. The zero-order chi connectivity index (χ0) is 14.5. The van der Waals surface area contributed by atoms with Crippen molar-refractivity contribution in [1.82, 2.24) is 4.98 Å². The summed E-state index contributed by atoms with van der Waals surface area (Å²) >= 11 is 6.03. The summed E-state index contributed by atoms with van der Waals surface area (Å²) in [5.74, 6) is 0.550. The number of rotatable bonds is 4. The second-order valence-electron chi connectivity index (χ2n) is 4.33. The fourth-order valence-corrected chi connectivity index (χ4v) is 1.93. The molecule has 2 N–H and O–H groups in total. The first kappa shape index (κ1) is 14.3. The predicted octanol–water partition coefficient (Wildman–Crippen LogP) is 3.73. The van der Waals surface area contributed by atoms with Crippen LogP contribution in [-0.2, 0) is 0 Å². The number of nitrogens with one attached hydrogen (secondary N) is 2. The van der Waals surface area contributed by atoms with Gasteiger partial charge in [0.15, 0.2) is 0 Å². The fraction of sp³-hybridized carbons (Fsp3) is 0.200. The zero-order valence-corrected chi connectivity index (χ0v) is 12.2. The molecule has 0 aliphatic carbocycles. The fourth-order valence-electron chi connectivity index (χ4n) is 1.75. The molecule has 0 unspecified atom stereocenters. The van der Waals surface area contributed by atoms with Crippen molar-refractivity contribution in [2.45, 2.75) is 13.8 Å². The maximum atomic E-state index is 12.1. The molecule has 1 amide bonds. The summed E-state index contributed by atoms with van der Waals surface area (Å²) in [6, 6.07) is 8.93. The van der Waals surface area contributed by atoms with Gasteiger partial charge >= 0.3 is 0 Å². The molecule has 4 nitrogen and oxygen atoms in total. The van der Waals surface area contributed by atoms with E-state index in [1.54, 1.807) is 30.5 Å². The molecule has 0 aliphatic rings. The van der Waals surface area contributed by atoms with Gasteiger partial charge in [0.1, 0.15) is 5.82 Å². The van der Waals surface area contributed by atoms with Gasteiger partial charge in [0.05, 0.1) is 5.56 Å². The van der Waals surface area contributed by atoms with Crippen LogP contribution in [0.5, 0.6) is 0 Å². The van der Waals surface area contributed by atoms with Crippen LogP contribution in [0, 0.1) is 6.92 Å². The van der Waals surface area contributed by atoms with E-state index >= 15 is 0 Å². The average molecular weight is 290 g/mol. The smallest absolute Gasteiger partial charge is 0.257 e. The quantitative estimate of drug-likeness (QED) is 0.902. The van der Waals surface area contributed by atoms with E-state index in [0.29, 0.717) is 16.3 Å². The van der Waals surface area contributed by atoms with Gasteiger partial charge in [-0.2, -0.15) is 0 Å². The number of halogens is 1. The first-order chi connectivity index (χ1) is 9.61. The first-order valence-corrected chi connectivity index (χ1v) is 6.76. The maximum absolute atomic E-state index is 12.1. The van der Waals surface area contributed by atoms with Crippen LogP contribution < -0.4 is 10.6 Å².